The molecule has 1 fully saturated rings. The molecular formula is C18H34N8O24P6. The summed E-state index contributed by atoms with van der Waals surface area (Å²) in [5, 5.41) is 23.8. The van der Waals surface area contributed by atoms with Crippen molar-refractivity contribution >= 4 is 69.7 Å². The molecule has 3 unspecified atom stereocenters. The smallest absolute Gasteiger partial charge is 0.387 e. The van der Waals surface area contributed by atoms with Crippen molar-refractivity contribution in [2.45, 2.75) is 50.9 Å². The molecule has 7 atom stereocenters. The van der Waals surface area contributed by atoms with Crippen LogP contribution in [0.2, 0.25) is 0 Å². The standard InChI is InChI=1S/C12H20N5O13P3.C6H9N3O.H5O10P3/c1-2-5(28-32(23,24)30-33(25,26)29-31(20,21)22)9-7(18)8(19)12(27-9)17-4-16-6-10(13)14-3-15-11(6)17;1-2-7-5-3-4-8-6(10)9-5;1-11(2,3)9-13(7,8)10-12(4,5)6/h3-5,7-9,12,18-19H,2H2,1H3,(H,23,24)(H,25,26)(H2,13,14,15)(H2,20,21,22);3-4H,2H2,1H3,(H2,7,8,9,10);(H,7,8)(H2,1,2,3)(H2,4,5,6)/t5?,7-,8+,9+,12+;;/m0../s1. The maximum absolute atomic E-state index is 12.2. The van der Waals surface area contributed by atoms with E-state index in [1.165, 1.54) is 17.8 Å². The number of ether oxygens (including phenoxy) is 1. The fourth-order valence-electron chi connectivity index (χ4n) is 4.05. The van der Waals surface area contributed by atoms with Gasteiger partial charge in [-0.15, -0.1) is 0 Å². The lowest BCUT2D eigenvalue weighted by Crippen LogP contribution is -2.39. The number of nitrogen functional groups attached to an aromatic ring is 1. The summed E-state index contributed by atoms with van der Waals surface area (Å²) >= 11 is 0. The number of nitrogens with zero attached hydrogens (tertiary/aromatic N) is 5. The van der Waals surface area contributed by atoms with Crippen LogP contribution in [0.4, 0.5) is 11.6 Å². The average molecular weight is 932 g/mol. The molecule has 0 amide bonds. The highest BCUT2D eigenvalue weighted by molar-refractivity contribution is 7.67. The maximum Gasteiger partial charge on any atom is 0.490 e. The van der Waals surface area contributed by atoms with Crippen LogP contribution in [0.15, 0.2) is 29.7 Å². The lowest BCUT2D eigenvalue weighted by atomic mass is 10.0. The van der Waals surface area contributed by atoms with E-state index in [9.17, 15) is 52.2 Å². The Balaban J connectivity index is 0.000000383. The van der Waals surface area contributed by atoms with Gasteiger partial charge in [0.05, 0.1) is 12.4 Å². The lowest BCUT2D eigenvalue weighted by molar-refractivity contribution is -0.0814. The number of aliphatic hydroxyl groups is 2. The maximum atomic E-state index is 12.2. The first-order valence-corrected chi connectivity index (χ1v) is 23.4. The normalized spacial score (nSPS) is 21.8. The molecule has 320 valence electrons. The number of aromatic amines is 1. The number of phosphoric acid groups is 6. The summed E-state index contributed by atoms with van der Waals surface area (Å²) in [4.78, 5) is 105. The van der Waals surface area contributed by atoms with E-state index in [2.05, 4.69) is 47.5 Å². The van der Waals surface area contributed by atoms with E-state index in [0.29, 0.717) is 5.82 Å². The van der Waals surface area contributed by atoms with Gasteiger partial charge in [-0.2, -0.15) is 22.2 Å². The molecule has 0 aromatic carbocycles. The average Bonchev–Trinajstić information content (AvgIpc) is 3.54. The van der Waals surface area contributed by atoms with Gasteiger partial charge in [-0.05, 0) is 19.4 Å². The number of fused-ring (bicyclic) bond motifs is 1. The second-order valence-electron chi connectivity index (χ2n) is 10.1. The Morgan fingerprint density at radius 2 is 1.38 bits per heavy atom. The van der Waals surface area contributed by atoms with E-state index in [1.807, 2.05) is 6.92 Å². The van der Waals surface area contributed by atoms with Crippen molar-refractivity contribution in [3.63, 3.8) is 0 Å². The van der Waals surface area contributed by atoms with Crippen molar-refractivity contribution in [3.05, 3.63) is 35.4 Å². The van der Waals surface area contributed by atoms with E-state index in [0.717, 1.165) is 12.9 Å². The van der Waals surface area contributed by atoms with Crippen molar-refractivity contribution in [2.75, 3.05) is 17.6 Å². The molecular weight excluding hydrogens is 898 g/mol. The molecule has 0 spiro atoms. The second kappa shape index (κ2) is 19.7. The van der Waals surface area contributed by atoms with Crippen molar-refractivity contribution < 1.29 is 108 Å². The molecule has 1 aliphatic rings. The quantitative estimate of drug-likeness (QED) is 0.0784. The topological polar surface area (TPSA) is 508 Å². The number of nitrogens with one attached hydrogen (secondary N) is 2. The molecule has 0 aliphatic carbocycles. The summed E-state index contributed by atoms with van der Waals surface area (Å²) in [6.45, 7) is 4.14. The highest BCUT2D eigenvalue weighted by Crippen LogP contribution is 2.67. The van der Waals surface area contributed by atoms with E-state index < -0.39 is 77.6 Å². The second-order valence-corrected chi connectivity index (χ2v) is 18.7. The predicted molar refractivity (Wildman–Crippen MR) is 180 cm³/mol. The van der Waals surface area contributed by atoms with E-state index in [1.54, 1.807) is 12.3 Å². The number of H-pyrrole nitrogens is 1. The number of aromatic nitrogens is 6. The number of hydrogen-bond donors (Lipinski definition) is 14. The van der Waals surface area contributed by atoms with Crippen LogP contribution in [-0.4, -0.2) is 115 Å². The summed E-state index contributed by atoms with van der Waals surface area (Å²) in [7, 11) is -33.0. The Hall–Kier alpha value is -2.27. The summed E-state index contributed by atoms with van der Waals surface area (Å²) in [5.74, 6) is 0.661. The Morgan fingerprint density at radius 1 is 0.839 bits per heavy atom. The van der Waals surface area contributed by atoms with Crippen LogP contribution in [0.25, 0.3) is 11.2 Å². The van der Waals surface area contributed by atoms with Crippen molar-refractivity contribution in [1.82, 2.24) is 29.5 Å². The summed E-state index contributed by atoms with van der Waals surface area (Å²) < 4.78 is 89.7. The van der Waals surface area contributed by atoms with Gasteiger partial charge in [-0.3, -0.25) is 9.09 Å². The highest BCUT2D eigenvalue weighted by Gasteiger charge is 2.50. The molecule has 4 heterocycles. The lowest BCUT2D eigenvalue weighted by Gasteiger charge is -2.26. The Morgan fingerprint density at radius 3 is 1.86 bits per heavy atom. The minimum Gasteiger partial charge on any atom is -0.387 e. The first-order valence-electron chi connectivity index (χ1n) is 14.3. The first-order chi connectivity index (χ1) is 25.4. The van der Waals surface area contributed by atoms with Gasteiger partial charge < -0.3 is 75.0 Å². The van der Waals surface area contributed by atoms with Gasteiger partial charge in [0.2, 0.25) is 0 Å². The van der Waals surface area contributed by atoms with Gasteiger partial charge in [0, 0.05) is 12.7 Å². The third-order valence-electron chi connectivity index (χ3n) is 5.84. The third-order valence-corrected chi connectivity index (χ3v) is 13.1. The van der Waals surface area contributed by atoms with Crippen LogP contribution in [0, 0.1) is 0 Å². The number of anilines is 2. The predicted octanol–water partition coefficient (Wildman–Crippen LogP) is -1.34. The molecule has 1 saturated heterocycles. The van der Waals surface area contributed by atoms with Crippen LogP contribution in [-0.2, 0) is 53.9 Å². The SMILES string of the molecule is CCC(OP(=O)(O)OP(=O)(O)OP(=O)(O)O)[C@H]1O[C@@H](n2cnc3c(N)ncnc32)[C@H](O)[C@@H]1O.CCNc1cc[nH]c(=O)n1.O=P(O)(O)OP(=O)(O)OP(=O)(O)O. The van der Waals surface area contributed by atoms with Crippen LogP contribution >= 0.6 is 46.9 Å². The molecule has 0 radical (unpaired) electrons. The van der Waals surface area contributed by atoms with Crippen LogP contribution in [0.1, 0.15) is 26.5 Å². The zero-order valence-electron chi connectivity index (χ0n) is 27.8. The molecule has 1 aliphatic heterocycles. The Labute approximate surface area is 311 Å². The van der Waals surface area contributed by atoms with E-state index >= 15 is 0 Å². The van der Waals surface area contributed by atoms with E-state index in [4.69, 9.17) is 49.2 Å². The Bertz CT molecular complexity index is 2110. The summed E-state index contributed by atoms with van der Waals surface area (Å²) in [5.41, 5.74) is 5.73. The molecule has 4 rings (SSSR count). The number of aliphatic hydroxyl groups excluding tert-OH is 2. The molecule has 15 N–H and O–H groups in total. The molecule has 3 aromatic rings. The Kier molecular flexibility index (Phi) is 17.5. The molecule has 38 heteroatoms. The fourth-order valence-corrected chi connectivity index (χ4v) is 9.86. The number of nitrogens with two attached hydrogens (primary N) is 1. The molecule has 0 saturated carbocycles. The third kappa shape index (κ3) is 16.9. The monoisotopic (exact) mass is 932 g/mol. The van der Waals surface area contributed by atoms with Crippen LogP contribution < -0.4 is 16.7 Å². The highest BCUT2D eigenvalue weighted by atomic mass is 31.3. The van der Waals surface area contributed by atoms with Crippen molar-refractivity contribution in [2.24, 2.45) is 0 Å². The molecule has 3 aromatic heterocycles. The fraction of sp³-hybridized carbons (Fsp3) is 0.500. The van der Waals surface area contributed by atoms with Gasteiger partial charge in [0.1, 0.15) is 36.0 Å². The van der Waals surface area contributed by atoms with Crippen LogP contribution in [0.5, 0.6) is 0 Å². The van der Waals surface area contributed by atoms with Crippen molar-refractivity contribution in [1.29, 1.82) is 0 Å². The van der Waals surface area contributed by atoms with Gasteiger partial charge >= 0.3 is 52.6 Å². The van der Waals surface area contributed by atoms with Gasteiger partial charge in [-0.25, -0.2) is 47.1 Å². The van der Waals surface area contributed by atoms with Gasteiger partial charge in [0.25, 0.3) is 0 Å². The minimum absolute atomic E-state index is 0.0439. The van der Waals surface area contributed by atoms with Crippen LogP contribution in [0.3, 0.4) is 0 Å². The van der Waals surface area contributed by atoms with E-state index in [-0.39, 0.29) is 29.1 Å². The minimum atomic E-state index is -5.74. The molecule has 56 heavy (non-hydrogen) atoms. The zero-order chi connectivity index (χ0) is 43.1. The summed E-state index contributed by atoms with van der Waals surface area (Å²) in [6.07, 6.45) is -3.83. The number of hydrogen-bond acceptors (Lipinski definition) is 21. The number of imidazole rings is 1. The largest absolute Gasteiger partial charge is 0.490 e. The first kappa shape index (κ1) is 49.9. The number of phosphoric ester groups is 1. The van der Waals surface area contributed by atoms with Crippen molar-refractivity contribution in [3.8, 4) is 0 Å². The molecule has 0 bridgehead atoms. The van der Waals surface area contributed by atoms with Gasteiger partial charge in [-0.1, -0.05) is 6.92 Å². The van der Waals surface area contributed by atoms with Gasteiger partial charge in [0.15, 0.2) is 17.7 Å². The summed E-state index contributed by atoms with van der Waals surface area (Å²) in [6, 6.07) is 1.71. The zero-order valence-corrected chi connectivity index (χ0v) is 33.2. The molecule has 32 nitrogen and oxygen atoms in total. The number of rotatable bonds is 15.